The summed E-state index contributed by atoms with van der Waals surface area (Å²) in [6.07, 6.45) is 0.787. The van der Waals surface area contributed by atoms with Gasteiger partial charge in [0, 0.05) is 30.6 Å². The summed E-state index contributed by atoms with van der Waals surface area (Å²) in [7, 11) is 1.51. The third kappa shape index (κ3) is 2.46. The number of ether oxygens (including phenoxy) is 3. The van der Waals surface area contributed by atoms with Gasteiger partial charge in [-0.25, -0.2) is 4.79 Å². The van der Waals surface area contributed by atoms with Crippen LogP contribution in [0.25, 0.3) is 0 Å². The summed E-state index contributed by atoms with van der Waals surface area (Å²) in [6.45, 7) is 5.28. The number of carbonyl (C=O) groups is 3. The molecule has 1 fully saturated rings. The molecule has 0 unspecified atom stereocenters. The van der Waals surface area contributed by atoms with Crippen LogP contribution in [0.1, 0.15) is 66.5 Å². The van der Waals surface area contributed by atoms with E-state index in [9.17, 15) is 19.5 Å². The average molecular weight is 430 g/mol. The number of aliphatic hydroxyl groups is 1. The number of esters is 2. The maximum absolute atomic E-state index is 13.7. The molecule has 0 bridgehead atoms. The molecule has 0 saturated heterocycles. The minimum Gasteiger partial charge on any atom is -0.460 e. The molecule has 1 saturated carbocycles. The van der Waals surface area contributed by atoms with Gasteiger partial charge >= 0.3 is 11.9 Å². The molecule has 1 aromatic heterocycles. The van der Waals surface area contributed by atoms with Gasteiger partial charge in [0.2, 0.25) is 5.78 Å². The topological polar surface area (TPSA) is 112 Å². The summed E-state index contributed by atoms with van der Waals surface area (Å²) >= 11 is 0. The Bertz CT molecular complexity index is 1030. The normalized spacial score (nSPS) is 38.4. The first-order valence-corrected chi connectivity index (χ1v) is 10.6. The second-order valence-electron chi connectivity index (χ2n) is 9.52. The molecular formula is C23H26O8. The smallest absolute Gasteiger partial charge is 0.342 e. The summed E-state index contributed by atoms with van der Waals surface area (Å²) in [6, 6.07) is 0. The highest BCUT2D eigenvalue weighted by atomic mass is 16.6. The van der Waals surface area contributed by atoms with E-state index in [2.05, 4.69) is 0 Å². The van der Waals surface area contributed by atoms with Crippen LogP contribution in [0.15, 0.2) is 21.8 Å². The van der Waals surface area contributed by atoms with E-state index in [1.165, 1.54) is 20.3 Å². The highest BCUT2D eigenvalue weighted by Gasteiger charge is 2.64. The highest BCUT2D eigenvalue weighted by Crippen LogP contribution is 2.62. The van der Waals surface area contributed by atoms with Crippen molar-refractivity contribution in [3.8, 4) is 0 Å². The molecule has 3 aliphatic carbocycles. The maximum atomic E-state index is 13.7. The largest absolute Gasteiger partial charge is 0.460 e. The molecule has 6 atom stereocenters. The zero-order valence-corrected chi connectivity index (χ0v) is 18.0. The molecule has 1 N–H and O–H groups in total. The number of ketones is 1. The SMILES string of the molecule is COC[C@@H]1OC(=O)c2coc3c2[C@]1(C)C1=C(C3=O)[C@H]2CC[C@H](O)[C@@]2(C)C[C@@H]1OC(C)=O. The average Bonchev–Trinajstić information content (AvgIpc) is 3.27. The molecule has 1 aromatic rings. The first-order valence-electron chi connectivity index (χ1n) is 10.6. The fourth-order valence-corrected chi connectivity index (χ4v) is 6.47. The lowest BCUT2D eigenvalue weighted by Gasteiger charge is -2.52. The molecule has 166 valence electrons. The summed E-state index contributed by atoms with van der Waals surface area (Å²) in [5.74, 6) is -1.43. The number of cyclic esters (lactones) is 1. The zero-order chi connectivity index (χ0) is 22.3. The van der Waals surface area contributed by atoms with Crippen molar-refractivity contribution in [2.24, 2.45) is 11.3 Å². The number of methoxy groups -OCH3 is 1. The van der Waals surface area contributed by atoms with Crippen LogP contribution in [-0.2, 0) is 24.4 Å². The lowest BCUT2D eigenvalue weighted by molar-refractivity contribution is -0.149. The molecule has 8 nitrogen and oxygen atoms in total. The monoisotopic (exact) mass is 430 g/mol. The summed E-state index contributed by atoms with van der Waals surface area (Å²) in [5.41, 5.74) is 0.292. The van der Waals surface area contributed by atoms with E-state index in [-0.39, 0.29) is 29.6 Å². The molecule has 8 heteroatoms. The van der Waals surface area contributed by atoms with Crippen LogP contribution in [-0.4, -0.2) is 54.9 Å². The number of carbonyl (C=O) groups excluding carboxylic acids is 3. The quantitative estimate of drug-likeness (QED) is 0.727. The predicted molar refractivity (Wildman–Crippen MR) is 106 cm³/mol. The van der Waals surface area contributed by atoms with Crippen LogP contribution in [0.3, 0.4) is 0 Å². The van der Waals surface area contributed by atoms with Gasteiger partial charge in [-0.3, -0.25) is 9.59 Å². The molecule has 0 spiro atoms. The number of rotatable bonds is 3. The molecule has 5 rings (SSSR count). The zero-order valence-electron chi connectivity index (χ0n) is 18.0. The minimum atomic E-state index is -0.959. The molecule has 0 radical (unpaired) electrons. The van der Waals surface area contributed by atoms with Crippen LogP contribution >= 0.6 is 0 Å². The second-order valence-corrected chi connectivity index (χ2v) is 9.52. The Morgan fingerprint density at radius 2 is 2.03 bits per heavy atom. The second kappa shape index (κ2) is 6.53. The van der Waals surface area contributed by atoms with Crippen molar-refractivity contribution in [2.45, 2.75) is 63.8 Å². The first-order chi connectivity index (χ1) is 14.6. The van der Waals surface area contributed by atoms with Gasteiger partial charge in [0.25, 0.3) is 0 Å². The Morgan fingerprint density at radius 1 is 1.29 bits per heavy atom. The van der Waals surface area contributed by atoms with Crippen LogP contribution in [0.4, 0.5) is 0 Å². The van der Waals surface area contributed by atoms with E-state index in [4.69, 9.17) is 18.6 Å². The van der Waals surface area contributed by atoms with Crippen molar-refractivity contribution in [3.63, 3.8) is 0 Å². The van der Waals surface area contributed by atoms with E-state index in [1.54, 1.807) is 0 Å². The Hall–Kier alpha value is -2.45. The molecule has 1 aliphatic heterocycles. The number of furan rings is 1. The van der Waals surface area contributed by atoms with Crippen molar-refractivity contribution >= 4 is 17.7 Å². The molecule has 0 amide bonds. The van der Waals surface area contributed by atoms with Crippen LogP contribution in [0.2, 0.25) is 0 Å². The predicted octanol–water partition coefficient (Wildman–Crippen LogP) is 2.33. The van der Waals surface area contributed by atoms with Gasteiger partial charge in [-0.15, -0.1) is 0 Å². The first kappa shape index (κ1) is 20.5. The van der Waals surface area contributed by atoms with E-state index in [0.29, 0.717) is 36.0 Å². The number of hydrogen-bond acceptors (Lipinski definition) is 8. The maximum Gasteiger partial charge on any atom is 0.342 e. The van der Waals surface area contributed by atoms with E-state index in [0.717, 1.165) is 0 Å². The van der Waals surface area contributed by atoms with Crippen molar-refractivity contribution in [2.75, 3.05) is 13.7 Å². The van der Waals surface area contributed by atoms with Crippen LogP contribution < -0.4 is 0 Å². The Labute approximate surface area is 179 Å². The molecule has 4 aliphatic rings. The van der Waals surface area contributed by atoms with Crippen molar-refractivity contribution in [1.82, 2.24) is 0 Å². The third-order valence-corrected chi connectivity index (χ3v) is 7.93. The Morgan fingerprint density at radius 3 is 2.71 bits per heavy atom. The summed E-state index contributed by atoms with van der Waals surface area (Å²) in [5, 5.41) is 10.8. The van der Waals surface area contributed by atoms with Gasteiger partial charge in [-0.2, -0.15) is 0 Å². The minimum absolute atomic E-state index is 0.106. The fraction of sp³-hybridized carbons (Fsp3) is 0.609. The number of Topliss-reactive ketones (excluding diaryl/α,β-unsaturated/α-hetero) is 1. The van der Waals surface area contributed by atoms with E-state index in [1.807, 2.05) is 13.8 Å². The van der Waals surface area contributed by atoms with Crippen LogP contribution in [0, 0.1) is 11.3 Å². The Kier molecular flexibility index (Phi) is 4.31. The highest BCUT2D eigenvalue weighted by molar-refractivity contribution is 6.13. The lowest BCUT2D eigenvalue weighted by atomic mass is 9.54. The lowest BCUT2D eigenvalue weighted by Crippen LogP contribution is -2.57. The summed E-state index contributed by atoms with van der Waals surface area (Å²) in [4.78, 5) is 38.4. The van der Waals surface area contributed by atoms with Gasteiger partial charge < -0.3 is 23.7 Å². The van der Waals surface area contributed by atoms with E-state index < -0.39 is 41.1 Å². The van der Waals surface area contributed by atoms with Crippen molar-refractivity contribution in [3.05, 3.63) is 34.3 Å². The fourth-order valence-electron chi connectivity index (χ4n) is 6.47. The molecular weight excluding hydrogens is 404 g/mol. The van der Waals surface area contributed by atoms with Gasteiger partial charge in [0.1, 0.15) is 24.0 Å². The number of allylic oxidation sites excluding steroid dienone is 1. The van der Waals surface area contributed by atoms with Crippen molar-refractivity contribution in [1.29, 1.82) is 0 Å². The number of aliphatic hydroxyl groups excluding tert-OH is 1. The van der Waals surface area contributed by atoms with Gasteiger partial charge in [-0.1, -0.05) is 6.92 Å². The number of fused-ring (bicyclic) bond motifs is 3. The molecule has 31 heavy (non-hydrogen) atoms. The standard InChI is InChI=1S/C23H26O8/c1-10(24)30-13-7-22(2)12(5-6-14(22)25)16-18(13)23(3)15(9-28-4)31-21(27)11-8-29-20(17(11)23)19(16)26/h8,12-15,25H,5-7,9H2,1-4H3/t12-,13+,14+,15+,22+,23-/m1/s1. The van der Waals surface area contributed by atoms with Gasteiger partial charge in [0.05, 0.1) is 18.1 Å². The third-order valence-electron chi connectivity index (χ3n) is 7.93. The van der Waals surface area contributed by atoms with Crippen molar-refractivity contribution < 1.29 is 38.1 Å². The van der Waals surface area contributed by atoms with Gasteiger partial charge in [0.15, 0.2) is 5.76 Å². The summed E-state index contributed by atoms with van der Waals surface area (Å²) < 4.78 is 22.5. The molecule has 2 heterocycles. The molecule has 0 aromatic carbocycles. The Balaban J connectivity index is 1.81. The van der Waals surface area contributed by atoms with Crippen LogP contribution in [0.5, 0.6) is 0 Å². The van der Waals surface area contributed by atoms with E-state index >= 15 is 0 Å². The van der Waals surface area contributed by atoms with Gasteiger partial charge in [-0.05, 0) is 37.7 Å². The number of hydrogen-bond donors (Lipinski definition) is 1.